The van der Waals surface area contributed by atoms with Crippen molar-refractivity contribution in [2.24, 2.45) is 0 Å². The van der Waals surface area contributed by atoms with E-state index in [2.05, 4.69) is 56.4 Å². The van der Waals surface area contributed by atoms with E-state index in [1.165, 1.54) is 10.9 Å². The van der Waals surface area contributed by atoms with Gasteiger partial charge in [-0.2, -0.15) is 5.26 Å². The van der Waals surface area contributed by atoms with Crippen LogP contribution >= 0.6 is 0 Å². The predicted molar refractivity (Wildman–Crippen MR) is 79.2 cm³/mol. The minimum Gasteiger partial charge on any atom is -0.374 e. The second-order valence-electron chi connectivity index (χ2n) is 6.38. The van der Waals surface area contributed by atoms with Gasteiger partial charge in [-0.15, -0.1) is 0 Å². The first-order valence-electron chi connectivity index (χ1n) is 6.29. The van der Waals surface area contributed by atoms with Gasteiger partial charge in [-0.05, 0) is 34.8 Å². The Bertz CT molecular complexity index is 624. The summed E-state index contributed by atoms with van der Waals surface area (Å²) in [5.74, 6) is 0. The fourth-order valence-electron chi connectivity index (χ4n) is 2.05. The van der Waals surface area contributed by atoms with E-state index in [0.717, 1.165) is 5.56 Å². The van der Waals surface area contributed by atoms with Crippen LogP contribution in [0.25, 0.3) is 10.9 Å². The Balaban J connectivity index is 2.70. The van der Waals surface area contributed by atoms with Gasteiger partial charge in [0.15, 0.2) is 8.24 Å². The molecule has 1 aromatic heterocycles. The Morgan fingerprint density at radius 1 is 1.17 bits per heavy atom. The number of nitrogens with zero attached hydrogens (tertiary/aromatic N) is 2. The summed E-state index contributed by atoms with van der Waals surface area (Å²) in [6, 6.07) is 10.3. The topological polar surface area (TPSA) is 28.7 Å². The summed E-state index contributed by atoms with van der Waals surface area (Å²) >= 11 is 0. The smallest absolute Gasteiger partial charge is 0.161 e. The molecular weight excluding hydrogens is 236 g/mol. The molecule has 0 radical (unpaired) electrons. The number of rotatable bonds is 1. The standard InChI is InChI=1S/C15H20N2Si/c1-15(2,3)18(4,5)17-9-8-13-7-6-12(11-16)10-14(13)17/h6-10H,1-5H3. The van der Waals surface area contributed by atoms with Crippen molar-refractivity contribution in [3.05, 3.63) is 36.0 Å². The minimum absolute atomic E-state index is 0.279. The van der Waals surface area contributed by atoms with Gasteiger partial charge in [0, 0.05) is 5.52 Å². The normalized spacial score (nSPS) is 12.7. The third kappa shape index (κ3) is 1.87. The lowest BCUT2D eigenvalue weighted by molar-refractivity contribution is 0.703. The number of benzene rings is 1. The number of hydrogen-bond acceptors (Lipinski definition) is 1. The fourth-order valence-corrected chi connectivity index (χ4v) is 4.01. The zero-order valence-corrected chi connectivity index (χ0v) is 12.8. The van der Waals surface area contributed by atoms with E-state index in [1.807, 2.05) is 18.2 Å². The molecule has 18 heavy (non-hydrogen) atoms. The Morgan fingerprint density at radius 2 is 1.83 bits per heavy atom. The molecule has 0 atom stereocenters. The van der Waals surface area contributed by atoms with Gasteiger partial charge in [-0.3, -0.25) is 0 Å². The number of nitriles is 1. The minimum atomic E-state index is -1.62. The van der Waals surface area contributed by atoms with Crippen molar-refractivity contribution in [2.45, 2.75) is 38.9 Å². The van der Waals surface area contributed by atoms with E-state index in [-0.39, 0.29) is 5.04 Å². The molecule has 0 unspecified atom stereocenters. The largest absolute Gasteiger partial charge is 0.374 e. The van der Waals surface area contributed by atoms with Crippen molar-refractivity contribution in [3.8, 4) is 6.07 Å². The number of hydrogen-bond donors (Lipinski definition) is 0. The molecule has 0 saturated carbocycles. The molecule has 0 bridgehead atoms. The molecule has 1 heterocycles. The number of aromatic nitrogens is 1. The van der Waals surface area contributed by atoms with Crippen LogP contribution in [0.2, 0.25) is 18.1 Å². The highest BCUT2D eigenvalue weighted by molar-refractivity contribution is 6.79. The third-order valence-corrected chi connectivity index (χ3v) is 9.53. The van der Waals surface area contributed by atoms with Crippen LogP contribution in [0.3, 0.4) is 0 Å². The van der Waals surface area contributed by atoms with Gasteiger partial charge in [0.2, 0.25) is 0 Å². The van der Waals surface area contributed by atoms with Gasteiger partial charge in [0.1, 0.15) is 0 Å². The Kier molecular flexibility index (Phi) is 2.87. The molecule has 0 fully saturated rings. The highest BCUT2D eigenvalue weighted by atomic mass is 28.3. The predicted octanol–water partition coefficient (Wildman–Crippen LogP) is 4.37. The van der Waals surface area contributed by atoms with E-state index in [9.17, 15) is 0 Å². The molecule has 94 valence electrons. The van der Waals surface area contributed by atoms with Crippen LogP contribution in [0, 0.1) is 11.3 Å². The Labute approximate surface area is 110 Å². The molecule has 2 rings (SSSR count). The molecule has 1 aromatic carbocycles. The Hall–Kier alpha value is -1.53. The second-order valence-corrected chi connectivity index (χ2v) is 11.5. The van der Waals surface area contributed by atoms with Crippen molar-refractivity contribution in [1.29, 1.82) is 5.26 Å². The SMILES string of the molecule is CC(C)(C)[Si](C)(C)n1ccc2ccc(C#N)cc21. The van der Waals surface area contributed by atoms with Crippen molar-refractivity contribution in [2.75, 3.05) is 0 Å². The lowest BCUT2D eigenvalue weighted by Gasteiger charge is -2.38. The van der Waals surface area contributed by atoms with Gasteiger partial charge in [-0.25, -0.2) is 0 Å². The van der Waals surface area contributed by atoms with Gasteiger partial charge in [-0.1, -0.05) is 39.9 Å². The summed E-state index contributed by atoms with van der Waals surface area (Å²) in [6.07, 6.45) is 2.18. The zero-order valence-electron chi connectivity index (χ0n) is 11.8. The van der Waals surface area contributed by atoms with Gasteiger partial charge >= 0.3 is 0 Å². The molecule has 0 aliphatic carbocycles. The van der Waals surface area contributed by atoms with Crippen molar-refractivity contribution in [1.82, 2.24) is 4.23 Å². The summed E-state index contributed by atoms with van der Waals surface area (Å²) in [7, 11) is -1.62. The quantitative estimate of drug-likeness (QED) is 0.697. The Morgan fingerprint density at radius 3 is 2.39 bits per heavy atom. The van der Waals surface area contributed by atoms with Crippen molar-refractivity contribution >= 4 is 19.1 Å². The molecule has 0 saturated heterocycles. The maximum absolute atomic E-state index is 9.04. The molecular formula is C15H20N2Si. The van der Waals surface area contributed by atoms with Crippen LogP contribution in [0.5, 0.6) is 0 Å². The molecule has 2 aromatic rings. The average Bonchev–Trinajstić information content (AvgIpc) is 2.70. The van der Waals surface area contributed by atoms with Crippen LogP contribution in [0.4, 0.5) is 0 Å². The van der Waals surface area contributed by atoms with Crippen LogP contribution in [-0.4, -0.2) is 12.5 Å². The first-order chi connectivity index (χ1) is 8.27. The summed E-state index contributed by atoms with van der Waals surface area (Å²) < 4.78 is 2.42. The summed E-state index contributed by atoms with van der Waals surface area (Å²) in [5, 5.41) is 10.5. The van der Waals surface area contributed by atoms with E-state index in [0.29, 0.717) is 0 Å². The summed E-state index contributed by atoms with van der Waals surface area (Å²) in [4.78, 5) is 0. The third-order valence-electron chi connectivity index (χ3n) is 4.26. The molecule has 0 spiro atoms. The highest BCUT2D eigenvalue weighted by Crippen LogP contribution is 2.38. The number of fused-ring (bicyclic) bond motifs is 1. The first kappa shape index (κ1) is 12.9. The van der Waals surface area contributed by atoms with Gasteiger partial charge in [0.05, 0.1) is 11.6 Å². The van der Waals surface area contributed by atoms with Crippen molar-refractivity contribution in [3.63, 3.8) is 0 Å². The monoisotopic (exact) mass is 256 g/mol. The van der Waals surface area contributed by atoms with Crippen molar-refractivity contribution < 1.29 is 0 Å². The maximum Gasteiger partial charge on any atom is 0.161 e. The molecule has 0 amide bonds. The summed E-state index contributed by atoms with van der Waals surface area (Å²) in [6.45, 7) is 11.7. The van der Waals surface area contributed by atoms with Crippen LogP contribution < -0.4 is 0 Å². The van der Waals surface area contributed by atoms with Crippen LogP contribution in [-0.2, 0) is 0 Å². The summed E-state index contributed by atoms with van der Waals surface area (Å²) in [5.41, 5.74) is 1.93. The molecule has 0 aliphatic heterocycles. The zero-order chi connectivity index (χ0) is 13.6. The molecule has 0 aliphatic rings. The van der Waals surface area contributed by atoms with E-state index in [1.54, 1.807) is 0 Å². The lowest BCUT2D eigenvalue weighted by Crippen LogP contribution is -2.44. The van der Waals surface area contributed by atoms with E-state index < -0.39 is 8.24 Å². The molecule has 3 heteroatoms. The van der Waals surface area contributed by atoms with Crippen LogP contribution in [0.1, 0.15) is 26.3 Å². The van der Waals surface area contributed by atoms with Gasteiger partial charge < -0.3 is 4.23 Å². The van der Waals surface area contributed by atoms with E-state index >= 15 is 0 Å². The van der Waals surface area contributed by atoms with Gasteiger partial charge in [0.25, 0.3) is 0 Å². The first-order valence-corrected chi connectivity index (χ1v) is 9.24. The molecule has 0 N–H and O–H groups in total. The highest BCUT2D eigenvalue weighted by Gasteiger charge is 2.37. The average molecular weight is 256 g/mol. The fraction of sp³-hybridized carbons (Fsp3) is 0.400. The lowest BCUT2D eigenvalue weighted by atomic mass is 10.2. The van der Waals surface area contributed by atoms with Crippen LogP contribution in [0.15, 0.2) is 30.5 Å². The maximum atomic E-state index is 9.04. The second kappa shape index (κ2) is 3.99. The van der Waals surface area contributed by atoms with E-state index in [4.69, 9.17) is 5.26 Å². The molecule has 2 nitrogen and oxygen atoms in total.